The number of aliphatic hydroxyl groups excluding tert-OH is 1. The van der Waals surface area contributed by atoms with E-state index < -0.39 is 24.4 Å². The van der Waals surface area contributed by atoms with E-state index in [-0.39, 0.29) is 11.5 Å². The van der Waals surface area contributed by atoms with E-state index in [0.717, 1.165) is 7.11 Å². The topological polar surface area (TPSA) is 128 Å². The van der Waals surface area contributed by atoms with Gasteiger partial charge in [0.25, 0.3) is 0 Å². The number of carbonyl (C=O) groups is 2. The summed E-state index contributed by atoms with van der Waals surface area (Å²) in [5.41, 5.74) is 3.44. The maximum atomic E-state index is 11.1. The minimum absolute atomic E-state index is 0.184. The Morgan fingerprint density at radius 2 is 2.10 bits per heavy atom. The van der Waals surface area contributed by atoms with Gasteiger partial charge in [-0.25, -0.2) is 4.79 Å². The highest BCUT2D eigenvalue weighted by Crippen LogP contribution is 2.28. The van der Waals surface area contributed by atoms with Gasteiger partial charge in [0.1, 0.15) is 12.9 Å². The molecule has 0 spiro atoms. The molecule has 0 saturated carbocycles. The van der Waals surface area contributed by atoms with Crippen molar-refractivity contribution in [2.24, 2.45) is 5.73 Å². The molecule has 0 amide bonds. The fraction of sp³-hybridized carbons (Fsp3) is 0.385. The quantitative estimate of drug-likeness (QED) is 0.334. The first-order chi connectivity index (χ1) is 9.85. The van der Waals surface area contributed by atoms with Crippen LogP contribution in [0.5, 0.6) is 11.5 Å². The summed E-state index contributed by atoms with van der Waals surface area (Å²) in [6, 6.07) is 4.33. The lowest BCUT2D eigenvalue weighted by Gasteiger charge is -2.27. The number of hydrogen-bond donors (Lipinski definition) is 3. The van der Waals surface area contributed by atoms with Crippen LogP contribution in [0.15, 0.2) is 18.2 Å². The molecule has 0 aromatic heterocycles. The lowest BCUT2D eigenvalue weighted by atomic mass is 10.1. The van der Waals surface area contributed by atoms with Gasteiger partial charge in [0.05, 0.1) is 14.2 Å². The van der Waals surface area contributed by atoms with Gasteiger partial charge in [-0.3, -0.25) is 10.5 Å². The minimum atomic E-state index is -2.35. The van der Waals surface area contributed by atoms with E-state index >= 15 is 0 Å². The fourth-order valence-corrected chi connectivity index (χ4v) is 1.46. The third kappa shape index (κ3) is 4.15. The highest BCUT2D eigenvalue weighted by molar-refractivity contribution is 5.76. The third-order valence-electron chi connectivity index (χ3n) is 2.68. The van der Waals surface area contributed by atoms with Crippen LogP contribution in [0.3, 0.4) is 0 Å². The van der Waals surface area contributed by atoms with E-state index in [9.17, 15) is 19.8 Å². The Morgan fingerprint density at radius 1 is 1.43 bits per heavy atom. The van der Waals surface area contributed by atoms with Gasteiger partial charge >= 0.3 is 5.97 Å². The summed E-state index contributed by atoms with van der Waals surface area (Å²) in [7, 11) is 2.42. The van der Waals surface area contributed by atoms with Crippen molar-refractivity contribution in [2.75, 3.05) is 20.8 Å². The predicted molar refractivity (Wildman–Crippen MR) is 71.0 cm³/mol. The Morgan fingerprint density at radius 3 is 2.62 bits per heavy atom. The van der Waals surface area contributed by atoms with Crippen LogP contribution < -0.4 is 15.2 Å². The number of ether oxygens (including phenoxy) is 3. The zero-order chi connectivity index (χ0) is 16.0. The molecule has 2 unspecified atom stereocenters. The SMILES string of the molecule is COC(=O)C(O)C(N)(O)COc1ccc(C=O)cc1OC. The maximum Gasteiger partial charge on any atom is 0.339 e. The van der Waals surface area contributed by atoms with Crippen LogP contribution in [0.1, 0.15) is 10.4 Å². The van der Waals surface area contributed by atoms with E-state index in [2.05, 4.69) is 4.74 Å². The number of hydrogen-bond acceptors (Lipinski definition) is 8. The first-order valence-electron chi connectivity index (χ1n) is 5.89. The first kappa shape index (κ1) is 16.9. The van der Waals surface area contributed by atoms with Crippen molar-refractivity contribution in [3.05, 3.63) is 23.8 Å². The monoisotopic (exact) mass is 299 g/mol. The summed E-state index contributed by atoms with van der Waals surface area (Å²) < 4.78 is 14.5. The predicted octanol–water partition coefficient (Wildman–Crippen LogP) is -0.932. The zero-order valence-electron chi connectivity index (χ0n) is 11.6. The van der Waals surface area contributed by atoms with Gasteiger partial charge in [0.15, 0.2) is 23.3 Å². The summed E-state index contributed by atoms with van der Waals surface area (Å²) in [5, 5.41) is 19.3. The van der Waals surface area contributed by atoms with Crippen molar-refractivity contribution in [3.63, 3.8) is 0 Å². The van der Waals surface area contributed by atoms with E-state index in [1.807, 2.05) is 0 Å². The maximum absolute atomic E-state index is 11.1. The number of rotatable bonds is 7. The number of carbonyl (C=O) groups excluding carboxylic acids is 2. The highest BCUT2D eigenvalue weighted by Gasteiger charge is 2.38. The molecule has 1 rings (SSSR count). The van der Waals surface area contributed by atoms with Crippen LogP contribution in [-0.4, -0.2) is 55.1 Å². The standard InChI is InChI=1S/C13H17NO7/c1-19-10-5-8(6-15)3-4-9(10)21-7-13(14,18)11(16)12(17)20-2/h3-6,11,16,18H,7,14H2,1-2H3. The summed E-state index contributed by atoms with van der Waals surface area (Å²) in [6.45, 7) is -0.597. The van der Waals surface area contributed by atoms with Crippen molar-refractivity contribution < 1.29 is 34.0 Å². The molecule has 8 heteroatoms. The van der Waals surface area contributed by atoms with Crippen molar-refractivity contribution in [1.82, 2.24) is 0 Å². The summed E-state index contributed by atoms with van der Waals surface area (Å²) in [4.78, 5) is 21.8. The number of esters is 1. The Labute approximate surface area is 121 Å². The van der Waals surface area contributed by atoms with Gasteiger partial charge in [-0.2, -0.15) is 0 Å². The van der Waals surface area contributed by atoms with E-state index in [0.29, 0.717) is 11.8 Å². The zero-order valence-corrected chi connectivity index (χ0v) is 11.6. The molecular weight excluding hydrogens is 282 g/mol. The first-order valence-corrected chi connectivity index (χ1v) is 5.89. The molecule has 0 aliphatic rings. The summed E-state index contributed by atoms with van der Waals surface area (Å²) >= 11 is 0. The second kappa shape index (κ2) is 7.02. The molecule has 0 bridgehead atoms. The molecule has 8 nitrogen and oxygen atoms in total. The molecule has 4 N–H and O–H groups in total. The Balaban J connectivity index is 2.83. The fourth-order valence-electron chi connectivity index (χ4n) is 1.46. The molecule has 116 valence electrons. The van der Waals surface area contributed by atoms with Crippen LogP contribution in [0, 0.1) is 0 Å². The van der Waals surface area contributed by atoms with Gasteiger partial charge in [-0.1, -0.05) is 0 Å². The largest absolute Gasteiger partial charge is 0.493 e. The molecule has 0 heterocycles. The third-order valence-corrected chi connectivity index (χ3v) is 2.68. The van der Waals surface area contributed by atoms with Crippen LogP contribution >= 0.6 is 0 Å². The van der Waals surface area contributed by atoms with Crippen molar-refractivity contribution >= 4 is 12.3 Å². The van der Waals surface area contributed by atoms with E-state index in [1.165, 1.54) is 25.3 Å². The number of nitrogens with two attached hydrogens (primary N) is 1. The molecule has 1 aromatic rings. The highest BCUT2D eigenvalue weighted by atomic mass is 16.5. The van der Waals surface area contributed by atoms with Crippen LogP contribution in [-0.2, 0) is 9.53 Å². The van der Waals surface area contributed by atoms with Gasteiger partial charge in [-0.05, 0) is 18.2 Å². The van der Waals surface area contributed by atoms with Crippen molar-refractivity contribution in [3.8, 4) is 11.5 Å². The van der Waals surface area contributed by atoms with Gasteiger partial charge < -0.3 is 24.4 Å². The average molecular weight is 299 g/mol. The molecule has 0 fully saturated rings. The van der Waals surface area contributed by atoms with Gasteiger partial charge in [0, 0.05) is 5.56 Å². The van der Waals surface area contributed by atoms with Crippen LogP contribution in [0.25, 0.3) is 0 Å². The summed E-state index contributed by atoms with van der Waals surface area (Å²) in [5.74, 6) is -0.668. The molecule has 2 atom stereocenters. The lowest BCUT2D eigenvalue weighted by molar-refractivity contribution is -0.169. The molecule has 1 aromatic carbocycles. The molecular formula is C13H17NO7. The lowest BCUT2D eigenvalue weighted by Crippen LogP contribution is -2.58. The van der Waals surface area contributed by atoms with Gasteiger partial charge in [0.2, 0.25) is 0 Å². The molecule has 0 aliphatic carbocycles. The smallest absolute Gasteiger partial charge is 0.339 e. The van der Waals surface area contributed by atoms with E-state index in [4.69, 9.17) is 15.2 Å². The second-order valence-corrected chi connectivity index (χ2v) is 4.23. The van der Waals surface area contributed by atoms with E-state index in [1.54, 1.807) is 0 Å². The average Bonchev–Trinajstić information content (AvgIpc) is 2.51. The number of aldehydes is 1. The Hall–Kier alpha value is -2.16. The molecule has 21 heavy (non-hydrogen) atoms. The Kier molecular flexibility index (Phi) is 5.65. The number of aliphatic hydroxyl groups is 2. The molecule has 0 saturated heterocycles. The van der Waals surface area contributed by atoms with Gasteiger partial charge in [-0.15, -0.1) is 0 Å². The second-order valence-electron chi connectivity index (χ2n) is 4.23. The van der Waals surface area contributed by atoms with Crippen molar-refractivity contribution in [2.45, 2.75) is 11.8 Å². The number of benzene rings is 1. The normalized spacial score (nSPS) is 14.7. The summed E-state index contributed by atoms with van der Waals surface area (Å²) in [6.07, 6.45) is -1.34. The minimum Gasteiger partial charge on any atom is -0.493 e. The molecule has 0 radical (unpaired) electrons. The van der Waals surface area contributed by atoms with Crippen LogP contribution in [0.4, 0.5) is 0 Å². The molecule has 0 aliphatic heterocycles. The Bertz CT molecular complexity index is 515. The number of methoxy groups -OCH3 is 2. The van der Waals surface area contributed by atoms with Crippen LogP contribution in [0.2, 0.25) is 0 Å². The van der Waals surface area contributed by atoms with Crippen molar-refractivity contribution in [1.29, 1.82) is 0 Å².